The van der Waals surface area contributed by atoms with E-state index in [0.717, 1.165) is 5.56 Å². The van der Waals surface area contributed by atoms with Gasteiger partial charge in [0.05, 0.1) is 20.8 Å². The molecule has 2 N–H and O–H groups in total. The normalized spacial score (nSPS) is 11.7. The zero-order chi connectivity index (χ0) is 23.1. The minimum Gasteiger partial charge on any atom is -0.493 e. The number of carbonyl (C=O) groups excluding carboxylic acids is 2. The number of benzene rings is 1. The molecule has 0 spiro atoms. The average molecular weight is 439 g/mol. The number of nitrogens with one attached hydrogen (secondary N) is 2. The van der Waals surface area contributed by atoms with Gasteiger partial charge in [-0.3, -0.25) is 14.6 Å². The predicted molar refractivity (Wildman–Crippen MR) is 115 cm³/mol. The van der Waals surface area contributed by atoms with Crippen molar-refractivity contribution < 1.29 is 23.6 Å². The maximum absolute atomic E-state index is 12.5. The Hall–Kier alpha value is -3.95. The van der Waals surface area contributed by atoms with Gasteiger partial charge >= 0.3 is 0 Å². The number of nitrogens with zero attached hydrogens (tertiary/aromatic N) is 3. The maximum Gasteiger partial charge on any atom is 0.251 e. The van der Waals surface area contributed by atoms with Gasteiger partial charge < -0.3 is 24.6 Å². The van der Waals surface area contributed by atoms with Crippen LogP contribution < -0.4 is 20.1 Å². The SMILES string of the molecule is COc1ccc(C(=O)NCC(=O)NC(c2nc(-c3ccncc3)no2)C(C)C)cc1OC. The van der Waals surface area contributed by atoms with Crippen LogP contribution in [0.25, 0.3) is 11.4 Å². The maximum atomic E-state index is 12.5. The van der Waals surface area contributed by atoms with Crippen LogP contribution in [0, 0.1) is 5.92 Å². The van der Waals surface area contributed by atoms with Gasteiger partial charge in [-0.1, -0.05) is 19.0 Å². The highest BCUT2D eigenvalue weighted by molar-refractivity contribution is 5.97. The Balaban J connectivity index is 1.62. The van der Waals surface area contributed by atoms with E-state index in [2.05, 4.69) is 25.8 Å². The van der Waals surface area contributed by atoms with Crippen molar-refractivity contribution >= 4 is 11.8 Å². The summed E-state index contributed by atoms with van der Waals surface area (Å²) in [6.45, 7) is 3.62. The molecule has 1 atom stereocenters. The van der Waals surface area contributed by atoms with E-state index in [1.807, 2.05) is 13.8 Å². The van der Waals surface area contributed by atoms with Gasteiger partial charge in [-0.15, -0.1) is 0 Å². The fourth-order valence-corrected chi connectivity index (χ4v) is 2.96. The Morgan fingerprint density at radius 1 is 1.06 bits per heavy atom. The summed E-state index contributed by atoms with van der Waals surface area (Å²) in [6, 6.07) is 7.77. The van der Waals surface area contributed by atoms with Gasteiger partial charge in [0.1, 0.15) is 6.04 Å². The molecule has 3 rings (SSSR count). The predicted octanol–water partition coefficient (Wildman–Crippen LogP) is 2.39. The Bertz CT molecular complexity index is 1070. The molecular formula is C22H25N5O5. The Morgan fingerprint density at radius 2 is 1.78 bits per heavy atom. The minimum absolute atomic E-state index is 0.0220. The second-order valence-corrected chi connectivity index (χ2v) is 7.23. The first kappa shape index (κ1) is 22.7. The van der Waals surface area contributed by atoms with Crippen LogP contribution in [-0.4, -0.2) is 47.7 Å². The summed E-state index contributed by atoms with van der Waals surface area (Å²) >= 11 is 0. The average Bonchev–Trinajstić information content (AvgIpc) is 3.30. The van der Waals surface area contributed by atoms with Crippen LogP contribution in [0.1, 0.15) is 36.1 Å². The van der Waals surface area contributed by atoms with Crippen molar-refractivity contribution in [1.82, 2.24) is 25.8 Å². The molecule has 3 aromatic rings. The number of methoxy groups -OCH3 is 2. The lowest BCUT2D eigenvalue weighted by Gasteiger charge is -2.18. The van der Waals surface area contributed by atoms with Crippen LogP contribution in [0.5, 0.6) is 11.5 Å². The molecule has 0 aliphatic rings. The highest BCUT2D eigenvalue weighted by atomic mass is 16.5. The summed E-state index contributed by atoms with van der Waals surface area (Å²) in [4.78, 5) is 33.3. The summed E-state index contributed by atoms with van der Waals surface area (Å²) in [5.74, 6) is 0.793. The van der Waals surface area contributed by atoms with E-state index in [9.17, 15) is 9.59 Å². The molecule has 1 unspecified atom stereocenters. The molecule has 0 saturated heterocycles. The lowest BCUT2D eigenvalue weighted by atomic mass is 10.0. The summed E-state index contributed by atoms with van der Waals surface area (Å²) < 4.78 is 15.7. The van der Waals surface area contributed by atoms with Gasteiger partial charge in [0.2, 0.25) is 17.6 Å². The number of hydrogen-bond donors (Lipinski definition) is 2. The van der Waals surface area contributed by atoms with E-state index in [1.165, 1.54) is 14.2 Å². The smallest absolute Gasteiger partial charge is 0.251 e. The summed E-state index contributed by atoms with van der Waals surface area (Å²) in [5.41, 5.74) is 1.10. The van der Waals surface area contributed by atoms with Gasteiger partial charge in [0.15, 0.2) is 11.5 Å². The molecule has 32 heavy (non-hydrogen) atoms. The molecule has 0 saturated carbocycles. The minimum atomic E-state index is -0.511. The standard InChI is InChI=1S/C22H25N5O5/c1-13(2)19(22-26-20(27-32-22)14-7-9-23-10-8-14)25-18(28)12-24-21(29)15-5-6-16(30-3)17(11-15)31-4/h5-11,13,19H,12H2,1-4H3,(H,24,29)(H,25,28). The van der Waals surface area contributed by atoms with E-state index in [-0.39, 0.29) is 24.3 Å². The first-order valence-electron chi connectivity index (χ1n) is 9.96. The van der Waals surface area contributed by atoms with Crippen molar-refractivity contribution in [3.63, 3.8) is 0 Å². The summed E-state index contributed by atoms with van der Waals surface area (Å²) in [5, 5.41) is 9.42. The molecule has 2 heterocycles. The van der Waals surface area contributed by atoms with Gasteiger partial charge in [-0.25, -0.2) is 0 Å². The molecule has 1 aromatic carbocycles. The quantitative estimate of drug-likeness (QED) is 0.520. The van der Waals surface area contributed by atoms with Crippen molar-refractivity contribution in [2.45, 2.75) is 19.9 Å². The Kier molecular flexibility index (Phi) is 7.37. The highest BCUT2D eigenvalue weighted by Crippen LogP contribution is 2.27. The third-order valence-corrected chi connectivity index (χ3v) is 4.68. The van der Waals surface area contributed by atoms with Crippen molar-refractivity contribution in [3.8, 4) is 22.9 Å². The summed E-state index contributed by atoms with van der Waals surface area (Å²) in [7, 11) is 2.99. The first-order valence-corrected chi connectivity index (χ1v) is 9.96. The third-order valence-electron chi connectivity index (χ3n) is 4.68. The molecule has 10 nitrogen and oxygen atoms in total. The molecule has 0 radical (unpaired) electrons. The van der Waals surface area contributed by atoms with Gasteiger partial charge in [-0.05, 0) is 36.2 Å². The molecule has 0 aliphatic heterocycles. The zero-order valence-corrected chi connectivity index (χ0v) is 18.3. The van der Waals surface area contributed by atoms with Crippen LogP contribution in [0.2, 0.25) is 0 Å². The molecule has 0 aliphatic carbocycles. The highest BCUT2D eigenvalue weighted by Gasteiger charge is 2.25. The number of ether oxygens (including phenoxy) is 2. The molecule has 2 aromatic heterocycles. The fourth-order valence-electron chi connectivity index (χ4n) is 2.96. The van der Waals surface area contributed by atoms with E-state index >= 15 is 0 Å². The van der Waals surface area contributed by atoms with Crippen LogP contribution >= 0.6 is 0 Å². The van der Waals surface area contributed by atoms with Crippen LogP contribution in [0.3, 0.4) is 0 Å². The second-order valence-electron chi connectivity index (χ2n) is 7.23. The molecule has 0 fully saturated rings. The number of aromatic nitrogens is 3. The van der Waals surface area contributed by atoms with Gasteiger partial charge in [-0.2, -0.15) is 4.98 Å². The Labute approximate surface area is 185 Å². The van der Waals surface area contributed by atoms with Crippen molar-refractivity contribution in [2.75, 3.05) is 20.8 Å². The lowest BCUT2D eigenvalue weighted by Crippen LogP contribution is -2.40. The topological polar surface area (TPSA) is 128 Å². The van der Waals surface area contributed by atoms with Crippen molar-refractivity contribution in [3.05, 3.63) is 54.2 Å². The number of pyridine rings is 1. The number of hydrogen-bond acceptors (Lipinski definition) is 8. The molecule has 2 amide bonds. The zero-order valence-electron chi connectivity index (χ0n) is 18.3. The number of amides is 2. The van der Waals surface area contributed by atoms with Crippen molar-refractivity contribution in [1.29, 1.82) is 0 Å². The van der Waals surface area contributed by atoms with E-state index < -0.39 is 11.9 Å². The summed E-state index contributed by atoms with van der Waals surface area (Å²) in [6.07, 6.45) is 3.27. The number of carbonyl (C=O) groups is 2. The lowest BCUT2D eigenvalue weighted by molar-refractivity contribution is -0.121. The van der Waals surface area contributed by atoms with Gasteiger partial charge in [0, 0.05) is 23.5 Å². The van der Waals surface area contributed by atoms with Crippen LogP contribution in [0.4, 0.5) is 0 Å². The largest absolute Gasteiger partial charge is 0.493 e. The van der Waals surface area contributed by atoms with Crippen LogP contribution in [0.15, 0.2) is 47.2 Å². The number of rotatable bonds is 9. The Morgan fingerprint density at radius 3 is 2.44 bits per heavy atom. The van der Waals surface area contributed by atoms with E-state index in [0.29, 0.717) is 22.9 Å². The molecule has 168 valence electrons. The second kappa shape index (κ2) is 10.4. The van der Waals surface area contributed by atoms with E-state index in [4.69, 9.17) is 14.0 Å². The molecule has 10 heteroatoms. The third kappa shape index (κ3) is 5.39. The van der Waals surface area contributed by atoms with Gasteiger partial charge in [0.25, 0.3) is 5.91 Å². The van der Waals surface area contributed by atoms with Crippen LogP contribution in [-0.2, 0) is 4.79 Å². The molecule has 0 bridgehead atoms. The fraction of sp³-hybridized carbons (Fsp3) is 0.318. The first-order chi connectivity index (χ1) is 15.4. The molecular weight excluding hydrogens is 414 g/mol. The van der Waals surface area contributed by atoms with E-state index in [1.54, 1.807) is 42.7 Å². The monoisotopic (exact) mass is 439 g/mol. The van der Waals surface area contributed by atoms with Crippen molar-refractivity contribution in [2.24, 2.45) is 5.92 Å².